The fraction of sp³-hybridized carbons (Fsp3) is 0.500. The third-order valence-electron chi connectivity index (χ3n) is 2.40. The van der Waals surface area contributed by atoms with E-state index in [1.54, 1.807) is 11.3 Å². The van der Waals surface area contributed by atoms with Crippen LogP contribution < -0.4 is 5.32 Å². The molecule has 1 atom stereocenters. The van der Waals surface area contributed by atoms with Gasteiger partial charge < -0.3 is 5.32 Å². The first-order valence-electron chi connectivity index (χ1n) is 4.85. The van der Waals surface area contributed by atoms with Crippen molar-refractivity contribution >= 4 is 32.4 Å². The maximum atomic E-state index is 4.24. The molecule has 1 N–H and O–H groups in total. The molecule has 1 aliphatic rings. The van der Waals surface area contributed by atoms with Crippen LogP contribution in [0.15, 0.2) is 22.1 Å². The lowest BCUT2D eigenvalue weighted by Gasteiger charge is -2.17. The number of halogens is 1. The SMILES string of the molecule is Brc1cnc(NCC2CC=CCC2)s1. The normalized spacial score (nSPS) is 21.1. The molecule has 2 rings (SSSR count). The number of nitrogens with zero attached hydrogens (tertiary/aromatic N) is 1. The van der Waals surface area contributed by atoms with Crippen LogP contribution in [0, 0.1) is 5.92 Å². The van der Waals surface area contributed by atoms with Crippen molar-refractivity contribution in [1.82, 2.24) is 4.98 Å². The minimum Gasteiger partial charge on any atom is -0.361 e. The molecule has 1 heterocycles. The van der Waals surface area contributed by atoms with Crippen LogP contribution in [0.1, 0.15) is 19.3 Å². The van der Waals surface area contributed by atoms with E-state index in [0.717, 1.165) is 21.4 Å². The van der Waals surface area contributed by atoms with Crippen molar-refractivity contribution in [1.29, 1.82) is 0 Å². The van der Waals surface area contributed by atoms with Crippen molar-refractivity contribution in [3.63, 3.8) is 0 Å². The number of aromatic nitrogens is 1. The standard InChI is InChI=1S/C10H13BrN2S/c11-9-7-13-10(14-9)12-6-8-4-2-1-3-5-8/h1-2,7-8H,3-6H2,(H,12,13). The molecular formula is C10H13BrN2S. The number of hydrogen-bond donors (Lipinski definition) is 1. The molecule has 1 aromatic heterocycles. The summed E-state index contributed by atoms with van der Waals surface area (Å²) in [4.78, 5) is 4.24. The van der Waals surface area contributed by atoms with Crippen LogP contribution in [0.4, 0.5) is 5.13 Å². The molecule has 14 heavy (non-hydrogen) atoms. The van der Waals surface area contributed by atoms with E-state index in [9.17, 15) is 0 Å². The first kappa shape index (κ1) is 10.2. The van der Waals surface area contributed by atoms with Gasteiger partial charge in [0.1, 0.15) is 0 Å². The molecular weight excluding hydrogens is 260 g/mol. The highest BCUT2D eigenvalue weighted by atomic mass is 79.9. The number of anilines is 1. The minimum atomic E-state index is 0.780. The summed E-state index contributed by atoms with van der Waals surface area (Å²) in [7, 11) is 0. The van der Waals surface area contributed by atoms with Crippen LogP contribution in [0.25, 0.3) is 0 Å². The second-order valence-electron chi connectivity index (χ2n) is 3.50. The summed E-state index contributed by atoms with van der Waals surface area (Å²) in [6.45, 7) is 1.05. The first-order chi connectivity index (χ1) is 6.84. The smallest absolute Gasteiger partial charge is 0.183 e. The minimum absolute atomic E-state index is 0.780. The average molecular weight is 273 g/mol. The number of rotatable bonds is 3. The van der Waals surface area contributed by atoms with Crippen molar-refractivity contribution in [3.8, 4) is 0 Å². The molecule has 0 radical (unpaired) electrons. The van der Waals surface area contributed by atoms with E-state index in [0.29, 0.717) is 0 Å². The Hall–Kier alpha value is -0.350. The van der Waals surface area contributed by atoms with Crippen molar-refractivity contribution in [2.24, 2.45) is 5.92 Å². The molecule has 1 unspecified atom stereocenters. The van der Waals surface area contributed by atoms with Gasteiger partial charge in [-0.15, -0.1) is 0 Å². The van der Waals surface area contributed by atoms with Crippen molar-refractivity contribution < 1.29 is 0 Å². The molecule has 0 saturated heterocycles. The number of hydrogen-bond acceptors (Lipinski definition) is 3. The van der Waals surface area contributed by atoms with Gasteiger partial charge in [0.15, 0.2) is 5.13 Å². The maximum Gasteiger partial charge on any atom is 0.183 e. The van der Waals surface area contributed by atoms with E-state index < -0.39 is 0 Å². The molecule has 1 aromatic rings. The van der Waals surface area contributed by atoms with Gasteiger partial charge in [0.2, 0.25) is 0 Å². The summed E-state index contributed by atoms with van der Waals surface area (Å²) < 4.78 is 1.09. The number of thiazole rings is 1. The van der Waals surface area contributed by atoms with E-state index in [4.69, 9.17) is 0 Å². The topological polar surface area (TPSA) is 24.9 Å². The van der Waals surface area contributed by atoms with Crippen LogP contribution >= 0.6 is 27.3 Å². The van der Waals surface area contributed by atoms with Crippen molar-refractivity contribution in [2.75, 3.05) is 11.9 Å². The highest BCUT2D eigenvalue weighted by Gasteiger charge is 2.09. The fourth-order valence-electron chi connectivity index (χ4n) is 1.61. The van der Waals surface area contributed by atoms with Crippen LogP contribution in [-0.4, -0.2) is 11.5 Å². The van der Waals surface area contributed by atoms with Crippen molar-refractivity contribution in [2.45, 2.75) is 19.3 Å². The Labute approximate surface area is 96.6 Å². The summed E-state index contributed by atoms with van der Waals surface area (Å²) in [5.41, 5.74) is 0. The molecule has 1 aliphatic carbocycles. The van der Waals surface area contributed by atoms with E-state index in [-0.39, 0.29) is 0 Å². The van der Waals surface area contributed by atoms with E-state index in [2.05, 4.69) is 38.4 Å². The number of allylic oxidation sites excluding steroid dienone is 2. The lowest BCUT2D eigenvalue weighted by Crippen LogP contribution is -2.15. The van der Waals surface area contributed by atoms with E-state index in [1.165, 1.54) is 19.3 Å². The summed E-state index contributed by atoms with van der Waals surface area (Å²) in [6.07, 6.45) is 10.1. The third-order valence-corrected chi connectivity index (χ3v) is 3.83. The third kappa shape index (κ3) is 2.82. The van der Waals surface area contributed by atoms with Crippen LogP contribution in [0.5, 0.6) is 0 Å². The lowest BCUT2D eigenvalue weighted by molar-refractivity contribution is 0.504. The number of nitrogens with one attached hydrogen (secondary N) is 1. The van der Waals surface area contributed by atoms with Gasteiger partial charge >= 0.3 is 0 Å². The zero-order chi connectivity index (χ0) is 9.80. The summed E-state index contributed by atoms with van der Waals surface area (Å²) in [5.74, 6) is 0.780. The predicted molar refractivity (Wildman–Crippen MR) is 64.8 cm³/mol. The van der Waals surface area contributed by atoms with Gasteiger partial charge in [-0.2, -0.15) is 0 Å². The Morgan fingerprint density at radius 3 is 3.14 bits per heavy atom. The van der Waals surface area contributed by atoms with Gasteiger partial charge in [0, 0.05) is 6.54 Å². The Kier molecular flexibility index (Phi) is 3.59. The molecule has 0 saturated carbocycles. The van der Waals surface area contributed by atoms with E-state index in [1.807, 2.05) is 6.20 Å². The van der Waals surface area contributed by atoms with Crippen molar-refractivity contribution in [3.05, 3.63) is 22.1 Å². The second-order valence-corrected chi connectivity index (χ2v) is 5.91. The Morgan fingerprint density at radius 2 is 2.50 bits per heavy atom. The molecule has 0 spiro atoms. The molecule has 76 valence electrons. The molecule has 2 nitrogen and oxygen atoms in total. The van der Waals surface area contributed by atoms with Gasteiger partial charge in [-0.05, 0) is 41.1 Å². The monoisotopic (exact) mass is 272 g/mol. The molecule has 0 amide bonds. The highest BCUT2D eigenvalue weighted by molar-refractivity contribution is 9.11. The van der Waals surface area contributed by atoms with Gasteiger partial charge in [0.05, 0.1) is 9.98 Å². The molecule has 0 aliphatic heterocycles. The van der Waals surface area contributed by atoms with Gasteiger partial charge in [-0.1, -0.05) is 23.5 Å². The van der Waals surface area contributed by atoms with Gasteiger partial charge in [-0.3, -0.25) is 0 Å². The second kappa shape index (κ2) is 4.94. The largest absolute Gasteiger partial charge is 0.361 e. The summed E-state index contributed by atoms with van der Waals surface area (Å²) in [6, 6.07) is 0. The van der Waals surface area contributed by atoms with Crippen LogP contribution in [0.2, 0.25) is 0 Å². The molecule has 0 bridgehead atoms. The van der Waals surface area contributed by atoms with E-state index >= 15 is 0 Å². The zero-order valence-corrected chi connectivity index (χ0v) is 10.3. The molecule has 0 fully saturated rings. The van der Waals surface area contributed by atoms with Crippen LogP contribution in [-0.2, 0) is 0 Å². The average Bonchev–Trinajstić information content (AvgIpc) is 2.63. The predicted octanol–water partition coefficient (Wildman–Crippen LogP) is 3.67. The fourth-order valence-corrected chi connectivity index (χ4v) is 2.72. The Morgan fingerprint density at radius 1 is 1.57 bits per heavy atom. The zero-order valence-electron chi connectivity index (χ0n) is 7.87. The Bertz CT molecular complexity index is 322. The highest BCUT2D eigenvalue weighted by Crippen LogP contribution is 2.24. The maximum absolute atomic E-state index is 4.24. The Balaban J connectivity index is 1.79. The first-order valence-corrected chi connectivity index (χ1v) is 6.46. The van der Waals surface area contributed by atoms with Gasteiger partial charge in [0.25, 0.3) is 0 Å². The van der Waals surface area contributed by atoms with Crippen LogP contribution in [0.3, 0.4) is 0 Å². The molecule has 4 heteroatoms. The molecule has 0 aromatic carbocycles. The summed E-state index contributed by atoms with van der Waals surface area (Å²) >= 11 is 5.06. The van der Waals surface area contributed by atoms with Gasteiger partial charge in [-0.25, -0.2) is 4.98 Å². The summed E-state index contributed by atoms with van der Waals surface area (Å²) in [5, 5.41) is 4.40. The lowest BCUT2D eigenvalue weighted by atomic mass is 9.95. The quantitative estimate of drug-likeness (QED) is 0.850.